The normalized spacial score (nSPS) is 11.9. The van der Waals surface area contributed by atoms with Crippen LogP contribution in [0.3, 0.4) is 0 Å². The highest BCUT2D eigenvalue weighted by Gasteiger charge is 2.18. The molecule has 0 radical (unpaired) electrons. The van der Waals surface area contributed by atoms with Crippen LogP contribution in [0.2, 0.25) is 0 Å². The standard InChI is InChI=1S/C5H4BrClO2S2/c1-3-5(11(7,8)9)4(6)2-10-3/h2H,1H3. The smallest absolute Gasteiger partial charge is 0.207 e. The minimum Gasteiger partial charge on any atom is -0.207 e. The van der Waals surface area contributed by atoms with E-state index >= 15 is 0 Å². The quantitative estimate of drug-likeness (QED) is 0.739. The van der Waals surface area contributed by atoms with Crippen LogP contribution in [0.15, 0.2) is 14.7 Å². The maximum Gasteiger partial charge on any atom is 0.263 e. The third-order valence-electron chi connectivity index (χ3n) is 1.12. The molecule has 0 unspecified atom stereocenters. The molecule has 1 rings (SSSR count). The Bertz CT molecular complexity index is 348. The Morgan fingerprint density at radius 1 is 1.64 bits per heavy atom. The molecule has 0 aliphatic rings. The van der Waals surface area contributed by atoms with Crippen LogP contribution in [0.5, 0.6) is 0 Å². The highest BCUT2D eigenvalue weighted by molar-refractivity contribution is 9.10. The predicted molar refractivity (Wildman–Crippen MR) is 49.8 cm³/mol. The molecule has 62 valence electrons. The third kappa shape index (κ3) is 1.96. The van der Waals surface area contributed by atoms with E-state index in [-0.39, 0.29) is 4.90 Å². The Labute approximate surface area is 81.7 Å². The fourth-order valence-corrected chi connectivity index (χ4v) is 4.86. The second-order valence-corrected chi connectivity index (χ2v) is 6.35. The minimum absolute atomic E-state index is 0.184. The molecular weight excluding hydrogens is 272 g/mol. The highest BCUT2D eigenvalue weighted by Crippen LogP contribution is 2.32. The van der Waals surface area contributed by atoms with Gasteiger partial charge in [0.05, 0.1) is 0 Å². The molecule has 0 spiro atoms. The Hall–Kier alpha value is 0.420. The molecule has 0 saturated carbocycles. The van der Waals surface area contributed by atoms with E-state index in [0.29, 0.717) is 9.35 Å². The highest BCUT2D eigenvalue weighted by atomic mass is 79.9. The van der Waals surface area contributed by atoms with Gasteiger partial charge in [-0.05, 0) is 22.9 Å². The van der Waals surface area contributed by atoms with Crippen molar-refractivity contribution in [1.29, 1.82) is 0 Å². The van der Waals surface area contributed by atoms with Gasteiger partial charge in [0.1, 0.15) is 4.90 Å². The summed E-state index contributed by atoms with van der Waals surface area (Å²) >= 11 is 4.45. The molecule has 1 heterocycles. The van der Waals surface area contributed by atoms with E-state index in [2.05, 4.69) is 15.9 Å². The molecule has 6 heteroatoms. The van der Waals surface area contributed by atoms with Crippen LogP contribution in [-0.4, -0.2) is 8.42 Å². The van der Waals surface area contributed by atoms with Crippen LogP contribution in [-0.2, 0) is 9.05 Å². The number of thiophene rings is 1. The Morgan fingerprint density at radius 2 is 2.18 bits per heavy atom. The van der Waals surface area contributed by atoms with Crippen LogP contribution in [0.25, 0.3) is 0 Å². The SMILES string of the molecule is Cc1scc(Br)c1S(=O)(=O)Cl. The molecule has 1 aromatic rings. The topological polar surface area (TPSA) is 34.1 Å². The van der Waals surface area contributed by atoms with Gasteiger partial charge in [0.25, 0.3) is 9.05 Å². The van der Waals surface area contributed by atoms with Gasteiger partial charge in [-0.2, -0.15) is 0 Å². The van der Waals surface area contributed by atoms with Gasteiger partial charge >= 0.3 is 0 Å². The van der Waals surface area contributed by atoms with Crippen molar-refractivity contribution in [3.63, 3.8) is 0 Å². The zero-order valence-corrected chi connectivity index (χ0v) is 9.44. The Balaban J connectivity index is 3.45. The first-order valence-corrected chi connectivity index (χ1v) is 6.59. The summed E-state index contributed by atoms with van der Waals surface area (Å²) in [5, 5.41) is 1.70. The van der Waals surface area contributed by atoms with E-state index in [0.717, 1.165) is 0 Å². The van der Waals surface area contributed by atoms with Crippen LogP contribution < -0.4 is 0 Å². The molecule has 0 amide bonds. The number of rotatable bonds is 1. The average Bonchev–Trinajstić information content (AvgIpc) is 2.08. The summed E-state index contributed by atoms with van der Waals surface area (Å²) in [6.45, 7) is 1.71. The third-order valence-corrected chi connectivity index (χ3v) is 4.83. The van der Waals surface area contributed by atoms with Crippen molar-refractivity contribution >= 4 is 47.0 Å². The van der Waals surface area contributed by atoms with Crippen molar-refractivity contribution in [3.8, 4) is 0 Å². The van der Waals surface area contributed by atoms with Crippen molar-refractivity contribution in [1.82, 2.24) is 0 Å². The summed E-state index contributed by atoms with van der Waals surface area (Å²) in [5.41, 5.74) is 0. The lowest BCUT2D eigenvalue weighted by atomic mass is 10.5. The van der Waals surface area contributed by atoms with Gasteiger partial charge in [-0.15, -0.1) is 11.3 Å². The molecule has 1 aromatic heterocycles. The first-order chi connectivity index (χ1) is 4.93. The Kier molecular flexibility index (Phi) is 2.63. The van der Waals surface area contributed by atoms with Gasteiger partial charge in [-0.1, -0.05) is 0 Å². The van der Waals surface area contributed by atoms with Crippen LogP contribution in [0.4, 0.5) is 0 Å². The van der Waals surface area contributed by atoms with E-state index in [4.69, 9.17) is 10.7 Å². The van der Waals surface area contributed by atoms with Gasteiger partial charge in [0.2, 0.25) is 0 Å². The maximum absolute atomic E-state index is 10.9. The van der Waals surface area contributed by atoms with Crippen molar-refractivity contribution < 1.29 is 8.42 Å². The molecule has 0 saturated heterocycles. The molecule has 0 N–H and O–H groups in total. The molecular formula is C5H4BrClO2S2. The second-order valence-electron chi connectivity index (χ2n) is 1.91. The number of aryl methyl sites for hydroxylation is 1. The van der Waals surface area contributed by atoms with Gasteiger partial charge in [0.15, 0.2) is 0 Å². The van der Waals surface area contributed by atoms with Crippen molar-refractivity contribution in [2.75, 3.05) is 0 Å². The van der Waals surface area contributed by atoms with E-state index in [9.17, 15) is 8.42 Å². The van der Waals surface area contributed by atoms with Crippen LogP contribution in [0.1, 0.15) is 4.88 Å². The second kappa shape index (κ2) is 3.05. The Morgan fingerprint density at radius 3 is 2.36 bits per heavy atom. The predicted octanol–water partition coefficient (Wildman–Crippen LogP) is 2.75. The summed E-state index contributed by atoms with van der Waals surface area (Å²) in [6, 6.07) is 0. The van der Waals surface area contributed by atoms with E-state index in [1.807, 2.05) is 0 Å². The van der Waals surface area contributed by atoms with Crippen molar-refractivity contribution in [2.45, 2.75) is 11.8 Å². The van der Waals surface area contributed by atoms with Crippen molar-refractivity contribution in [2.24, 2.45) is 0 Å². The largest absolute Gasteiger partial charge is 0.263 e. The number of hydrogen-bond acceptors (Lipinski definition) is 3. The van der Waals surface area contributed by atoms with E-state index in [1.165, 1.54) is 11.3 Å². The van der Waals surface area contributed by atoms with Crippen LogP contribution >= 0.6 is 37.9 Å². The summed E-state index contributed by atoms with van der Waals surface area (Å²) < 4.78 is 22.3. The van der Waals surface area contributed by atoms with Gasteiger partial charge in [-0.25, -0.2) is 8.42 Å². The number of hydrogen-bond donors (Lipinski definition) is 0. The zero-order valence-electron chi connectivity index (χ0n) is 5.47. The summed E-state index contributed by atoms with van der Waals surface area (Å²) in [5.74, 6) is 0. The molecule has 0 aliphatic carbocycles. The molecule has 0 bridgehead atoms. The maximum atomic E-state index is 10.9. The minimum atomic E-state index is -3.59. The van der Waals surface area contributed by atoms with Gasteiger partial charge in [0, 0.05) is 25.4 Å². The van der Waals surface area contributed by atoms with Crippen LogP contribution in [0, 0.1) is 6.92 Å². The first-order valence-electron chi connectivity index (χ1n) is 2.61. The lowest BCUT2D eigenvalue weighted by Crippen LogP contribution is -1.90. The van der Waals surface area contributed by atoms with Gasteiger partial charge < -0.3 is 0 Å². The lowest BCUT2D eigenvalue weighted by molar-refractivity contribution is 0.609. The fourth-order valence-electron chi connectivity index (χ4n) is 0.703. The summed E-state index contributed by atoms with van der Waals surface area (Å²) in [7, 11) is 1.57. The summed E-state index contributed by atoms with van der Waals surface area (Å²) in [6.07, 6.45) is 0. The zero-order chi connectivity index (χ0) is 8.65. The summed E-state index contributed by atoms with van der Waals surface area (Å²) in [4.78, 5) is 0.885. The molecule has 11 heavy (non-hydrogen) atoms. The lowest BCUT2D eigenvalue weighted by Gasteiger charge is -1.93. The average molecular weight is 276 g/mol. The van der Waals surface area contributed by atoms with Crippen molar-refractivity contribution in [3.05, 3.63) is 14.7 Å². The van der Waals surface area contributed by atoms with Gasteiger partial charge in [-0.3, -0.25) is 0 Å². The monoisotopic (exact) mass is 274 g/mol. The molecule has 0 fully saturated rings. The first kappa shape index (κ1) is 9.51. The molecule has 2 nitrogen and oxygen atoms in total. The molecule has 0 aliphatic heterocycles. The molecule has 0 atom stereocenters. The van der Waals surface area contributed by atoms with E-state index < -0.39 is 9.05 Å². The van der Waals surface area contributed by atoms with E-state index in [1.54, 1.807) is 12.3 Å². The molecule has 0 aromatic carbocycles. The fraction of sp³-hybridized carbons (Fsp3) is 0.200. The number of halogens is 2.